The summed E-state index contributed by atoms with van der Waals surface area (Å²) in [6.07, 6.45) is 5.12. The molecule has 1 aromatic carbocycles. The van der Waals surface area contributed by atoms with E-state index in [2.05, 4.69) is 20.0 Å². The van der Waals surface area contributed by atoms with Crippen molar-refractivity contribution in [3.05, 3.63) is 60.2 Å². The average molecular weight is 444 g/mol. The van der Waals surface area contributed by atoms with E-state index in [1.165, 1.54) is 0 Å². The number of aliphatic hydroxyl groups excluding tert-OH is 1. The Hall–Kier alpha value is -3.94. The number of fused-ring (bicyclic) bond motifs is 1. The SMILES string of the molecule is CCN(CCO)c1ccc(/N=C2/C(C(C)N=C=O)=Nn3cc(-c4ccccn4)nc32)c(C)c1. The summed E-state index contributed by atoms with van der Waals surface area (Å²) in [5.74, 6) is 0.567. The van der Waals surface area contributed by atoms with Crippen LogP contribution < -0.4 is 4.90 Å². The highest BCUT2D eigenvalue weighted by Crippen LogP contribution is 2.28. The van der Waals surface area contributed by atoms with Gasteiger partial charge in [-0.1, -0.05) is 6.07 Å². The van der Waals surface area contributed by atoms with Crippen LogP contribution in [0.4, 0.5) is 11.4 Å². The van der Waals surface area contributed by atoms with Crippen molar-refractivity contribution in [3.8, 4) is 11.4 Å². The number of aromatic nitrogens is 3. The molecule has 3 heterocycles. The lowest BCUT2D eigenvalue weighted by atomic mass is 10.1. The molecule has 4 rings (SSSR count). The molecule has 0 fully saturated rings. The van der Waals surface area contributed by atoms with Crippen molar-refractivity contribution in [1.82, 2.24) is 14.6 Å². The molecule has 3 aromatic rings. The van der Waals surface area contributed by atoms with Gasteiger partial charge in [0.15, 0.2) is 5.82 Å². The van der Waals surface area contributed by atoms with Gasteiger partial charge in [0.25, 0.3) is 0 Å². The third kappa shape index (κ3) is 4.50. The first-order chi connectivity index (χ1) is 16.0. The standard InChI is InChI=1S/C24H25N7O2/c1-4-30(11-12-32)18-8-9-19(16(2)13-18)27-23-22(17(3)26-15-33)29-31-14-21(28-24(23)31)20-7-5-6-10-25-20/h5-10,13-14,17,32H,4,11-12H2,1-3H3/b27-23-. The van der Waals surface area contributed by atoms with E-state index in [0.29, 0.717) is 29.5 Å². The van der Waals surface area contributed by atoms with E-state index in [1.54, 1.807) is 30.1 Å². The Balaban J connectivity index is 1.77. The van der Waals surface area contributed by atoms with Crippen LogP contribution in [-0.2, 0) is 4.79 Å². The minimum absolute atomic E-state index is 0.0904. The van der Waals surface area contributed by atoms with Crippen LogP contribution >= 0.6 is 0 Å². The molecular weight excluding hydrogens is 418 g/mol. The number of aliphatic imine (C=N–C) groups is 2. The molecule has 9 heteroatoms. The minimum Gasteiger partial charge on any atom is -0.395 e. The van der Waals surface area contributed by atoms with Gasteiger partial charge in [0, 0.05) is 25.0 Å². The molecule has 0 bridgehead atoms. The highest BCUT2D eigenvalue weighted by Gasteiger charge is 2.30. The Bertz CT molecular complexity index is 1260. The Morgan fingerprint density at radius 2 is 2.09 bits per heavy atom. The summed E-state index contributed by atoms with van der Waals surface area (Å²) in [6, 6.07) is 11.1. The van der Waals surface area contributed by atoms with E-state index in [4.69, 9.17) is 9.98 Å². The number of pyridine rings is 1. The van der Waals surface area contributed by atoms with Crippen LogP contribution in [0.2, 0.25) is 0 Å². The summed E-state index contributed by atoms with van der Waals surface area (Å²) in [7, 11) is 0. The van der Waals surface area contributed by atoms with Gasteiger partial charge in [-0.2, -0.15) is 10.1 Å². The van der Waals surface area contributed by atoms with Crippen molar-refractivity contribution in [1.29, 1.82) is 0 Å². The third-order valence-electron chi connectivity index (χ3n) is 5.46. The number of imidazole rings is 1. The lowest BCUT2D eigenvalue weighted by Gasteiger charge is -2.22. The van der Waals surface area contributed by atoms with Crippen molar-refractivity contribution in [2.75, 3.05) is 24.6 Å². The summed E-state index contributed by atoms with van der Waals surface area (Å²) in [4.78, 5) is 30.8. The maximum absolute atomic E-state index is 10.9. The van der Waals surface area contributed by atoms with Gasteiger partial charge in [0.1, 0.15) is 23.2 Å². The van der Waals surface area contributed by atoms with E-state index in [1.807, 2.05) is 50.2 Å². The monoisotopic (exact) mass is 443 g/mol. The molecule has 2 aromatic heterocycles. The molecular formula is C24H25N7O2. The van der Waals surface area contributed by atoms with Crippen molar-refractivity contribution < 1.29 is 9.90 Å². The number of anilines is 1. The van der Waals surface area contributed by atoms with Crippen LogP contribution in [-0.4, -0.2) is 63.0 Å². The molecule has 0 aliphatic carbocycles. The van der Waals surface area contributed by atoms with Crippen molar-refractivity contribution in [2.45, 2.75) is 26.8 Å². The molecule has 0 radical (unpaired) electrons. The summed E-state index contributed by atoms with van der Waals surface area (Å²) in [5, 5.41) is 13.9. The summed E-state index contributed by atoms with van der Waals surface area (Å²) in [5.41, 5.74) is 5.28. The molecule has 1 aliphatic heterocycles. The number of likely N-dealkylation sites (N-methyl/N-ethyl adjacent to an activating group) is 1. The molecule has 9 nitrogen and oxygen atoms in total. The molecule has 0 amide bonds. The Morgan fingerprint density at radius 3 is 2.76 bits per heavy atom. The van der Waals surface area contributed by atoms with Gasteiger partial charge in [-0.25, -0.2) is 19.4 Å². The number of nitrogens with zero attached hydrogens (tertiary/aromatic N) is 7. The van der Waals surface area contributed by atoms with Crippen LogP contribution in [0.5, 0.6) is 0 Å². The molecule has 33 heavy (non-hydrogen) atoms. The van der Waals surface area contributed by atoms with E-state index >= 15 is 0 Å². The van der Waals surface area contributed by atoms with E-state index < -0.39 is 6.04 Å². The molecule has 1 aliphatic rings. The maximum Gasteiger partial charge on any atom is 0.235 e. The third-order valence-corrected chi connectivity index (χ3v) is 5.46. The van der Waals surface area contributed by atoms with Crippen molar-refractivity contribution >= 4 is 28.9 Å². The number of hydrogen-bond donors (Lipinski definition) is 1. The zero-order valence-corrected chi connectivity index (χ0v) is 18.8. The largest absolute Gasteiger partial charge is 0.395 e. The number of hydrogen-bond acceptors (Lipinski definition) is 8. The Morgan fingerprint density at radius 1 is 1.24 bits per heavy atom. The highest BCUT2D eigenvalue weighted by molar-refractivity contribution is 6.50. The van der Waals surface area contributed by atoms with Crippen LogP contribution in [0.3, 0.4) is 0 Å². The van der Waals surface area contributed by atoms with Crippen LogP contribution in [0.1, 0.15) is 25.2 Å². The highest BCUT2D eigenvalue weighted by atomic mass is 16.3. The zero-order valence-electron chi connectivity index (χ0n) is 18.8. The number of aliphatic hydroxyl groups is 1. The molecule has 1 unspecified atom stereocenters. The molecule has 168 valence electrons. The molecule has 0 spiro atoms. The molecule has 0 saturated carbocycles. The summed E-state index contributed by atoms with van der Waals surface area (Å²) >= 11 is 0. The van der Waals surface area contributed by atoms with E-state index in [-0.39, 0.29) is 6.61 Å². The maximum atomic E-state index is 10.9. The predicted octanol–water partition coefficient (Wildman–Crippen LogP) is 3.13. The molecule has 0 saturated heterocycles. The normalized spacial score (nSPS) is 14.5. The molecule has 1 N–H and O–H groups in total. The summed E-state index contributed by atoms with van der Waals surface area (Å²) < 4.78 is 1.65. The predicted molar refractivity (Wildman–Crippen MR) is 128 cm³/mol. The fourth-order valence-electron chi connectivity index (χ4n) is 3.73. The van der Waals surface area contributed by atoms with Gasteiger partial charge in [0.05, 0.1) is 24.2 Å². The van der Waals surface area contributed by atoms with Gasteiger partial charge >= 0.3 is 0 Å². The first-order valence-corrected chi connectivity index (χ1v) is 10.8. The van der Waals surface area contributed by atoms with Crippen molar-refractivity contribution in [3.63, 3.8) is 0 Å². The number of aryl methyl sites for hydroxylation is 1. The zero-order chi connectivity index (χ0) is 23.4. The lowest BCUT2D eigenvalue weighted by molar-refractivity contribution is 0.302. The van der Waals surface area contributed by atoms with Gasteiger partial charge in [0.2, 0.25) is 6.08 Å². The van der Waals surface area contributed by atoms with Gasteiger partial charge in [-0.05, 0) is 56.7 Å². The van der Waals surface area contributed by atoms with Gasteiger partial charge < -0.3 is 10.0 Å². The quantitative estimate of drug-likeness (QED) is 0.425. The van der Waals surface area contributed by atoms with E-state index in [9.17, 15) is 9.90 Å². The van der Waals surface area contributed by atoms with Gasteiger partial charge in [-0.15, -0.1) is 0 Å². The van der Waals surface area contributed by atoms with E-state index in [0.717, 1.165) is 29.2 Å². The Labute approximate surface area is 191 Å². The second-order valence-electron chi connectivity index (χ2n) is 7.63. The van der Waals surface area contributed by atoms with Gasteiger partial charge in [-0.3, -0.25) is 4.98 Å². The number of isocyanates is 1. The van der Waals surface area contributed by atoms with Crippen LogP contribution in [0, 0.1) is 6.92 Å². The van der Waals surface area contributed by atoms with Crippen LogP contribution in [0.25, 0.3) is 11.4 Å². The van der Waals surface area contributed by atoms with Crippen molar-refractivity contribution in [2.24, 2.45) is 15.1 Å². The average Bonchev–Trinajstić information content (AvgIpc) is 3.39. The first-order valence-electron chi connectivity index (χ1n) is 10.8. The second-order valence-corrected chi connectivity index (χ2v) is 7.63. The number of carbonyl (C=O) groups excluding carboxylic acids is 1. The lowest BCUT2D eigenvalue weighted by Crippen LogP contribution is -2.26. The second kappa shape index (κ2) is 9.68. The fourth-order valence-corrected chi connectivity index (χ4v) is 3.73. The number of rotatable bonds is 8. The number of benzene rings is 1. The minimum atomic E-state index is -0.513. The summed E-state index contributed by atoms with van der Waals surface area (Å²) in [6.45, 7) is 7.26. The fraction of sp³-hybridized carbons (Fsp3) is 0.292. The smallest absolute Gasteiger partial charge is 0.235 e. The first kappa shape index (κ1) is 22.3. The Kier molecular flexibility index (Phi) is 6.53. The topological polar surface area (TPSA) is 108 Å². The molecule has 1 atom stereocenters. The van der Waals surface area contributed by atoms with Crippen LogP contribution in [0.15, 0.2) is 63.9 Å².